The van der Waals surface area contributed by atoms with Gasteiger partial charge in [0.05, 0.1) is 18.8 Å². The van der Waals surface area contributed by atoms with Gasteiger partial charge >= 0.3 is 0 Å². The van der Waals surface area contributed by atoms with Gasteiger partial charge in [0.25, 0.3) is 0 Å². The fraction of sp³-hybridized carbons (Fsp3) is 0.429. The first-order valence-corrected chi connectivity index (χ1v) is 7.35. The Hall–Kier alpha value is -0.970. The van der Waals surface area contributed by atoms with Crippen LogP contribution in [0, 0.1) is 0 Å². The summed E-state index contributed by atoms with van der Waals surface area (Å²) in [6.45, 7) is 3.57. The second-order valence-electron chi connectivity index (χ2n) is 4.72. The number of hydrogen-bond acceptors (Lipinski definition) is 4. The summed E-state index contributed by atoms with van der Waals surface area (Å²) >= 11 is 1.86. The van der Waals surface area contributed by atoms with E-state index >= 15 is 0 Å². The molecular weight excluding hydrogens is 244 g/mol. The fourth-order valence-corrected chi connectivity index (χ4v) is 3.88. The van der Waals surface area contributed by atoms with Crippen molar-refractivity contribution in [2.45, 2.75) is 5.54 Å². The van der Waals surface area contributed by atoms with Crippen LogP contribution in [0.15, 0.2) is 35.7 Å². The van der Waals surface area contributed by atoms with Crippen molar-refractivity contribution in [3.8, 4) is 0 Å². The maximum atomic E-state index is 6.19. The van der Waals surface area contributed by atoms with E-state index < -0.39 is 0 Å². The van der Waals surface area contributed by atoms with Gasteiger partial charge < -0.3 is 10.5 Å². The number of ether oxygens (including phenoxy) is 1. The van der Waals surface area contributed by atoms with Crippen LogP contribution in [0.4, 0.5) is 5.69 Å². The number of nitrogen functional groups attached to an aromatic ring is 1. The SMILES string of the molecule is Nc1ccccc1C1(N2CCOCC2)C=CSC1. The van der Waals surface area contributed by atoms with Crippen molar-refractivity contribution < 1.29 is 4.74 Å². The zero-order chi connectivity index (χ0) is 12.4. The Kier molecular flexibility index (Phi) is 3.33. The molecule has 2 heterocycles. The van der Waals surface area contributed by atoms with Gasteiger partial charge in [-0.05, 0) is 11.5 Å². The number of rotatable bonds is 2. The summed E-state index contributed by atoms with van der Waals surface area (Å²) in [5.41, 5.74) is 8.26. The van der Waals surface area contributed by atoms with E-state index in [-0.39, 0.29) is 5.54 Å². The molecule has 3 nitrogen and oxygen atoms in total. The van der Waals surface area contributed by atoms with Crippen LogP contribution in [-0.4, -0.2) is 37.0 Å². The smallest absolute Gasteiger partial charge is 0.0770 e. The molecule has 2 aliphatic heterocycles. The largest absolute Gasteiger partial charge is 0.398 e. The van der Waals surface area contributed by atoms with Crippen LogP contribution in [0.25, 0.3) is 0 Å². The second-order valence-corrected chi connectivity index (χ2v) is 5.62. The summed E-state index contributed by atoms with van der Waals surface area (Å²) in [4.78, 5) is 2.50. The Balaban J connectivity index is 2.01. The standard InChI is InChI=1S/C14H18N2OS/c15-13-4-2-1-3-12(13)14(5-10-18-11-14)16-6-8-17-9-7-16/h1-5,10H,6-9,11,15H2. The van der Waals surface area contributed by atoms with Gasteiger partial charge in [-0.3, -0.25) is 4.90 Å². The Bertz CT molecular complexity index is 457. The Morgan fingerprint density at radius 1 is 1.22 bits per heavy atom. The predicted octanol–water partition coefficient (Wildman–Crippen LogP) is 2.06. The lowest BCUT2D eigenvalue weighted by Gasteiger charge is -2.42. The minimum Gasteiger partial charge on any atom is -0.398 e. The monoisotopic (exact) mass is 262 g/mol. The molecule has 0 aromatic heterocycles. The van der Waals surface area contributed by atoms with E-state index in [1.807, 2.05) is 23.9 Å². The molecule has 0 spiro atoms. The number of para-hydroxylation sites is 1. The van der Waals surface area contributed by atoms with Gasteiger partial charge in [0.1, 0.15) is 0 Å². The molecule has 0 saturated carbocycles. The van der Waals surface area contributed by atoms with E-state index in [1.165, 1.54) is 5.56 Å². The van der Waals surface area contributed by atoms with Crippen molar-refractivity contribution in [1.82, 2.24) is 4.90 Å². The van der Waals surface area contributed by atoms with Crippen LogP contribution in [0.3, 0.4) is 0 Å². The molecule has 4 heteroatoms. The van der Waals surface area contributed by atoms with Crippen LogP contribution in [0.5, 0.6) is 0 Å². The summed E-state index contributed by atoms with van der Waals surface area (Å²) in [5, 5.41) is 2.20. The molecule has 1 aromatic carbocycles. The number of thioether (sulfide) groups is 1. The summed E-state index contributed by atoms with van der Waals surface area (Å²) < 4.78 is 5.47. The van der Waals surface area contributed by atoms with Crippen molar-refractivity contribution in [1.29, 1.82) is 0 Å². The third kappa shape index (κ3) is 1.94. The van der Waals surface area contributed by atoms with Crippen LogP contribution in [-0.2, 0) is 10.3 Å². The number of nitrogens with two attached hydrogens (primary N) is 1. The average Bonchev–Trinajstić information content (AvgIpc) is 2.91. The van der Waals surface area contributed by atoms with Gasteiger partial charge in [-0.15, -0.1) is 11.8 Å². The fourth-order valence-electron chi connectivity index (χ4n) is 2.77. The van der Waals surface area contributed by atoms with Crippen LogP contribution >= 0.6 is 11.8 Å². The molecule has 3 rings (SSSR count). The Morgan fingerprint density at radius 3 is 2.67 bits per heavy atom. The molecule has 1 atom stereocenters. The van der Waals surface area contributed by atoms with Gasteiger partial charge in [0, 0.05) is 30.1 Å². The van der Waals surface area contributed by atoms with E-state index in [9.17, 15) is 0 Å². The first kappa shape index (κ1) is 12.1. The van der Waals surface area contributed by atoms with Crippen LogP contribution in [0.2, 0.25) is 0 Å². The van der Waals surface area contributed by atoms with Gasteiger partial charge in [-0.25, -0.2) is 0 Å². The van der Waals surface area contributed by atoms with E-state index in [1.54, 1.807) is 0 Å². The van der Waals surface area contributed by atoms with Crippen molar-refractivity contribution in [2.75, 3.05) is 37.8 Å². The van der Waals surface area contributed by atoms with Gasteiger partial charge in [-0.2, -0.15) is 0 Å². The zero-order valence-corrected chi connectivity index (χ0v) is 11.2. The second kappa shape index (κ2) is 4.96. The molecule has 0 aliphatic carbocycles. The number of nitrogens with zero attached hydrogens (tertiary/aromatic N) is 1. The molecule has 1 saturated heterocycles. The Labute approximate surface area is 112 Å². The maximum absolute atomic E-state index is 6.19. The number of anilines is 1. The molecule has 18 heavy (non-hydrogen) atoms. The van der Waals surface area contributed by atoms with Crippen molar-refractivity contribution >= 4 is 17.4 Å². The summed E-state index contributed by atoms with van der Waals surface area (Å²) in [7, 11) is 0. The summed E-state index contributed by atoms with van der Waals surface area (Å²) in [5.74, 6) is 1.04. The maximum Gasteiger partial charge on any atom is 0.0770 e. The lowest BCUT2D eigenvalue weighted by atomic mass is 9.88. The third-order valence-corrected chi connectivity index (χ3v) is 4.68. The molecule has 0 radical (unpaired) electrons. The highest BCUT2D eigenvalue weighted by molar-refractivity contribution is 8.02. The molecule has 2 aliphatic rings. The molecule has 0 amide bonds. The molecule has 2 N–H and O–H groups in total. The molecule has 1 aromatic rings. The lowest BCUT2D eigenvalue weighted by Crippen LogP contribution is -2.51. The van der Waals surface area contributed by atoms with E-state index in [0.717, 1.165) is 37.7 Å². The number of morpholine rings is 1. The van der Waals surface area contributed by atoms with Crippen molar-refractivity contribution in [3.63, 3.8) is 0 Å². The van der Waals surface area contributed by atoms with Crippen LogP contribution < -0.4 is 5.73 Å². The summed E-state index contributed by atoms with van der Waals surface area (Å²) in [6.07, 6.45) is 2.30. The number of benzene rings is 1. The first-order valence-electron chi connectivity index (χ1n) is 6.30. The van der Waals surface area contributed by atoms with Crippen molar-refractivity contribution in [2.24, 2.45) is 0 Å². The van der Waals surface area contributed by atoms with Crippen LogP contribution in [0.1, 0.15) is 5.56 Å². The molecule has 1 fully saturated rings. The Morgan fingerprint density at radius 2 is 2.00 bits per heavy atom. The normalized spacial score (nSPS) is 28.7. The van der Waals surface area contributed by atoms with Gasteiger partial charge in [-0.1, -0.05) is 24.3 Å². The molecule has 1 unspecified atom stereocenters. The topological polar surface area (TPSA) is 38.5 Å². The molecule has 96 valence electrons. The third-order valence-electron chi connectivity index (χ3n) is 3.75. The first-order chi connectivity index (χ1) is 8.83. The highest BCUT2D eigenvalue weighted by Crippen LogP contribution is 2.42. The van der Waals surface area contributed by atoms with E-state index in [0.29, 0.717) is 0 Å². The quantitative estimate of drug-likeness (QED) is 0.828. The van der Waals surface area contributed by atoms with E-state index in [4.69, 9.17) is 10.5 Å². The lowest BCUT2D eigenvalue weighted by molar-refractivity contribution is 0.000379. The molecular formula is C14H18N2OS. The minimum atomic E-state index is -0.0419. The summed E-state index contributed by atoms with van der Waals surface area (Å²) in [6, 6.07) is 8.22. The predicted molar refractivity (Wildman–Crippen MR) is 76.5 cm³/mol. The highest BCUT2D eigenvalue weighted by atomic mass is 32.2. The zero-order valence-electron chi connectivity index (χ0n) is 10.3. The number of hydrogen-bond donors (Lipinski definition) is 1. The average molecular weight is 262 g/mol. The van der Waals surface area contributed by atoms with Gasteiger partial charge in [0.15, 0.2) is 0 Å². The van der Waals surface area contributed by atoms with Gasteiger partial charge in [0.2, 0.25) is 0 Å². The highest BCUT2D eigenvalue weighted by Gasteiger charge is 2.40. The van der Waals surface area contributed by atoms with E-state index in [2.05, 4.69) is 28.5 Å². The molecule has 0 bridgehead atoms. The van der Waals surface area contributed by atoms with Crippen molar-refractivity contribution in [3.05, 3.63) is 41.3 Å². The minimum absolute atomic E-state index is 0.0419.